The molecule has 4 fully saturated rings. The van der Waals surface area contributed by atoms with Crippen LogP contribution in [0.5, 0.6) is 23.4 Å². The summed E-state index contributed by atoms with van der Waals surface area (Å²) in [5.41, 5.74) is -3.85. The zero-order valence-electron chi connectivity index (χ0n) is 40.8. The van der Waals surface area contributed by atoms with E-state index in [0.29, 0.717) is 55.2 Å². The number of pyridine rings is 1. The first kappa shape index (κ1) is 48.4. The number of nitrogens with zero attached hydrogens (tertiary/aromatic N) is 7. The van der Waals surface area contributed by atoms with Crippen molar-refractivity contribution in [2.24, 2.45) is 0 Å². The first-order chi connectivity index (χ1) is 33.9. The number of methoxy groups -OCH3 is 2. The number of rotatable bonds is 11. The largest absolute Gasteiger partial charge is 0.497 e. The summed E-state index contributed by atoms with van der Waals surface area (Å²) in [5.74, 6) is -1.59. The van der Waals surface area contributed by atoms with Crippen molar-refractivity contribution < 1.29 is 55.2 Å². The fourth-order valence-corrected chi connectivity index (χ4v) is 11.3. The highest BCUT2D eigenvalue weighted by molar-refractivity contribution is 5.98. The molecule has 5 aliphatic heterocycles. The van der Waals surface area contributed by atoms with Crippen molar-refractivity contribution in [3.05, 3.63) is 88.5 Å². The van der Waals surface area contributed by atoms with Gasteiger partial charge in [-0.25, -0.2) is 18.6 Å². The molecule has 5 aromatic rings. The van der Waals surface area contributed by atoms with Gasteiger partial charge in [0, 0.05) is 38.3 Å². The molecular weight excluding hydrogens is 930 g/mol. The molecule has 71 heavy (non-hydrogen) atoms. The summed E-state index contributed by atoms with van der Waals surface area (Å²) in [6.07, 6.45) is -3.53. The van der Waals surface area contributed by atoms with Crippen LogP contribution in [0.3, 0.4) is 0 Å². The Kier molecular flexibility index (Phi) is 12.8. The number of halogens is 5. The molecule has 5 aliphatic rings. The molecule has 14 nitrogen and oxygen atoms in total. The number of hydrogen-bond acceptors (Lipinski definition) is 13. The number of ether oxygens (including phenoxy) is 6. The Labute approximate surface area is 408 Å². The minimum atomic E-state index is -5.17. The molecule has 0 spiro atoms. The number of alkyl halides is 3. The number of anilines is 2. The van der Waals surface area contributed by atoms with Crippen molar-refractivity contribution in [3.8, 4) is 34.6 Å². The maximum atomic E-state index is 18.1. The van der Waals surface area contributed by atoms with Crippen LogP contribution in [0, 0.1) is 18.6 Å². The Balaban J connectivity index is 1.14. The fraction of sp³-hybridized carbons (Fsp3) is 0.500. The van der Waals surface area contributed by atoms with Crippen molar-refractivity contribution in [3.63, 3.8) is 0 Å². The number of fused-ring (bicyclic) bond motifs is 6. The number of amides is 1. The van der Waals surface area contributed by atoms with Crippen molar-refractivity contribution in [2.45, 2.75) is 121 Å². The molecule has 1 amide bonds. The first-order valence-corrected chi connectivity index (χ1v) is 24.1. The van der Waals surface area contributed by atoms with Crippen LogP contribution in [0.2, 0.25) is 0 Å². The van der Waals surface area contributed by atoms with E-state index in [1.165, 1.54) is 21.1 Å². The van der Waals surface area contributed by atoms with Gasteiger partial charge in [0.2, 0.25) is 5.88 Å². The van der Waals surface area contributed by atoms with Crippen molar-refractivity contribution in [1.29, 1.82) is 0 Å². The van der Waals surface area contributed by atoms with Crippen LogP contribution in [0.4, 0.5) is 38.3 Å². The van der Waals surface area contributed by atoms with Crippen molar-refractivity contribution in [2.75, 3.05) is 56.9 Å². The van der Waals surface area contributed by atoms with Crippen LogP contribution in [0.1, 0.15) is 75.6 Å². The minimum Gasteiger partial charge on any atom is -0.497 e. The zero-order chi connectivity index (χ0) is 50.1. The summed E-state index contributed by atoms with van der Waals surface area (Å²) < 4.78 is 118. The van der Waals surface area contributed by atoms with Gasteiger partial charge in [0.05, 0.1) is 62.4 Å². The van der Waals surface area contributed by atoms with Gasteiger partial charge < -0.3 is 38.2 Å². The second-order valence-corrected chi connectivity index (χ2v) is 20.1. The number of carbonyl (C=O) groups excluding carboxylic acids is 1. The van der Waals surface area contributed by atoms with Crippen LogP contribution in [-0.4, -0.2) is 120 Å². The van der Waals surface area contributed by atoms with Crippen LogP contribution in [0.15, 0.2) is 54.6 Å². The van der Waals surface area contributed by atoms with Gasteiger partial charge in [0.1, 0.15) is 52.2 Å². The van der Waals surface area contributed by atoms with E-state index in [1.807, 2.05) is 4.90 Å². The second kappa shape index (κ2) is 18.8. The standard InChI is InChI=1S/C52H58F5N7O7/c1-28-22-38(61(23-30-8-15-35(66-6)16-9-30)24-31-10-17-36(67-7)18-11-31)42(53)39(41(28)52(55,56)57)44-43(54)45-40-47(60-49(59-45)69-27-34-13-12-33-26-68-21-20-62(33)34)63-25-32-14-19-37(46(63)29(2)70-48(40)58-44)64(32)50(65)71-51(3,4)5/h8-11,15-18,22,29,32-34,37,46H,12-14,19-21,23-27H2,1-7H3/t29-,32+,33-,34-,37-,46+/m0/s1. The predicted molar refractivity (Wildman–Crippen MR) is 254 cm³/mol. The molecule has 0 radical (unpaired) electrons. The summed E-state index contributed by atoms with van der Waals surface area (Å²) in [6.45, 7) is 10.7. The normalized spacial score (nSPS) is 22.9. The third-order valence-corrected chi connectivity index (χ3v) is 14.4. The summed E-state index contributed by atoms with van der Waals surface area (Å²) in [6, 6.07) is 13.8. The number of piperazine rings is 1. The van der Waals surface area contributed by atoms with E-state index in [2.05, 4.69) is 14.9 Å². The van der Waals surface area contributed by atoms with Gasteiger partial charge in [0.15, 0.2) is 11.6 Å². The van der Waals surface area contributed by atoms with Crippen LogP contribution >= 0.6 is 0 Å². The lowest BCUT2D eigenvalue weighted by atomic mass is 9.95. The smallest absolute Gasteiger partial charge is 0.417 e. The molecular formula is C52H58F5N7O7. The van der Waals surface area contributed by atoms with E-state index >= 15 is 22.0 Å². The second-order valence-electron chi connectivity index (χ2n) is 20.1. The van der Waals surface area contributed by atoms with E-state index in [4.69, 9.17) is 33.4 Å². The molecule has 4 saturated heterocycles. The number of benzene rings is 3. The molecule has 0 aliphatic carbocycles. The Morgan fingerprint density at radius 2 is 1.54 bits per heavy atom. The number of morpholine rings is 1. The van der Waals surface area contributed by atoms with Gasteiger partial charge in [-0.1, -0.05) is 24.3 Å². The monoisotopic (exact) mass is 987 g/mol. The van der Waals surface area contributed by atoms with Crippen LogP contribution in [-0.2, 0) is 28.7 Å². The summed E-state index contributed by atoms with van der Waals surface area (Å²) in [4.78, 5) is 35.5. The number of carbonyl (C=O) groups is 1. The molecule has 378 valence electrons. The van der Waals surface area contributed by atoms with Gasteiger partial charge in [-0.15, -0.1) is 0 Å². The average molecular weight is 988 g/mol. The molecule has 0 unspecified atom stereocenters. The molecule has 0 N–H and O–H groups in total. The van der Waals surface area contributed by atoms with E-state index in [0.717, 1.165) is 18.9 Å². The maximum Gasteiger partial charge on any atom is 0.417 e. The van der Waals surface area contributed by atoms with Crippen LogP contribution < -0.4 is 28.7 Å². The average Bonchev–Trinajstić information content (AvgIpc) is 3.86. The lowest BCUT2D eigenvalue weighted by Gasteiger charge is -2.48. The van der Waals surface area contributed by atoms with Gasteiger partial charge in [-0.05, 0) is 107 Å². The van der Waals surface area contributed by atoms with E-state index in [1.54, 1.807) is 86.0 Å². The quantitative estimate of drug-likeness (QED) is 0.117. The Morgan fingerprint density at radius 1 is 0.873 bits per heavy atom. The number of aromatic nitrogens is 3. The molecule has 7 heterocycles. The Morgan fingerprint density at radius 3 is 2.17 bits per heavy atom. The van der Waals surface area contributed by atoms with Gasteiger partial charge >= 0.3 is 18.3 Å². The number of aryl methyl sites for hydroxylation is 1. The highest BCUT2D eigenvalue weighted by atomic mass is 19.4. The summed E-state index contributed by atoms with van der Waals surface area (Å²) in [7, 11) is 3.05. The third kappa shape index (κ3) is 9.19. The molecule has 2 bridgehead atoms. The van der Waals surface area contributed by atoms with Gasteiger partial charge in [0.25, 0.3) is 0 Å². The summed E-state index contributed by atoms with van der Waals surface area (Å²) >= 11 is 0. The lowest BCUT2D eigenvalue weighted by Crippen LogP contribution is -2.65. The maximum absolute atomic E-state index is 18.1. The molecule has 19 heteroatoms. The fourth-order valence-electron chi connectivity index (χ4n) is 11.3. The van der Waals surface area contributed by atoms with Crippen molar-refractivity contribution in [1.82, 2.24) is 24.8 Å². The molecule has 10 rings (SSSR count). The SMILES string of the molecule is COc1ccc(CN(Cc2ccc(OC)cc2)c2cc(C)c(C(F)(F)F)c(-c3nc4c5c(nc(OC[C@@H]6CC[C@H]7COCCN76)nc5c3F)N3C[C@H]5CC[C@@H]([C@H]3[C@H](C)O4)N5C(=O)OC(C)(C)C)c2F)cc1. The zero-order valence-corrected chi connectivity index (χ0v) is 40.8. The molecule has 6 atom stereocenters. The minimum absolute atomic E-state index is 0.00495. The predicted octanol–water partition coefficient (Wildman–Crippen LogP) is 9.50. The molecule has 3 aromatic carbocycles. The topological polar surface area (TPSA) is 124 Å². The van der Waals surface area contributed by atoms with Gasteiger partial charge in [-0.2, -0.15) is 23.1 Å². The third-order valence-electron chi connectivity index (χ3n) is 14.4. The van der Waals surface area contributed by atoms with Gasteiger partial charge in [-0.3, -0.25) is 9.80 Å². The lowest BCUT2D eigenvalue weighted by molar-refractivity contribution is -0.137. The first-order valence-electron chi connectivity index (χ1n) is 24.1. The highest BCUT2D eigenvalue weighted by Crippen LogP contribution is 2.50. The van der Waals surface area contributed by atoms with E-state index in [-0.39, 0.29) is 78.7 Å². The summed E-state index contributed by atoms with van der Waals surface area (Å²) in [5, 5.41) is -0.00495. The molecule has 2 aromatic heterocycles. The Bertz CT molecular complexity index is 2760. The highest BCUT2D eigenvalue weighted by Gasteiger charge is 2.54. The van der Waals surface area contributed by atoms with E-state index in [9.17, 15) is 4.79 Å². The Hall–Kier alpha value is -6.21. The number of hydrogen-bond donors (Lipinski definition) is 0. The van der Waals surface area contributed by atoms with Crippen LogP contribution in [0.25, 0.3) is 22.2 Å². The van der Waals surface area contributed by atoms with E-state index < -0.39 is 70.0 Å². The van der Waals surface area contributed by atoms with Crippen molar-refractivity contribution >= 4 is 28.5 Å². The molecule has 0 saturated carbocycles.